The van der Waals surface area contributed by atoms with E-state index in [2.05, 4.69) is 4.74 Å². The number of para-hydroxylation sites is 1. The van der Waals surface area contributed by atoms with Gasteiger partial charge in [0.25, 0.3) is 0 Å². The highest BCUT2D eigenvalue weighted by atomic mass is 19.3. The molecule has 2 nitrogen and oxygen atoms in total. The molecular weight excluding hydrogens is 178 g/mol. The van der Waals surface area contributed by atoms with Gasteiger partial charge in [-0.05, 0) is 13.0 Å². The zero-order valence-corrected chi connectivity index (χ0v) is 7.08. The minimum absolute atomic E-state index is 0.0208. The summed E-state index contributed by atoms with van der Waals surface area (Å²) in [6.45, 7) is -1.37. The van der Waals surface area contributed by atoms with E-state index in [4.69, 9.17) is 0 Å². The number of alkyl halides is 2. The molecule has 1 aromatic carbocycles. The van der Waals surface area contributed by atoms with E-state index >= 15 is 0 Å². The summed E-state index contributed by atoms with van der Waals surface area (Å²) in [5, 5.41) is 9.19. The van der Waals surface area contributed by atoms with Crippen molar-refractivity contribution >= 4 is 0 Å². The molecule has 13 heavy (non-hydrogen) atoms. The first-order chi connectivity index (χ1) is 6.11. The molecule has 0 spiro atoms. The summed E-state index contributed by atoms with van der Waals surface area (Å²) in [7, 11) is 0. The van der Waals surface area contributed by atoms with Crippen LogP contribution in [0.3, 0.4) is 0 Å². The fourth-order valence-electron chi connectivity index (χ4n) is 1.03. The third kappa shape index (κ3) is 2.66. The lowest BCUT2D eigenvalue weighted by molar-refractivity contribution is -0.0514. The fraction of sp³-hybridized carbons (Fsp3) is 0.333. The molecule has 0 aliphatic carbocycles. The SMILES string of the molecule is C[C@@H](O)c1ccccc1OC(F)F. The van der Waals surface area contributed by atoms with Crippen LogP contribution >= 0.6 is 0 Å². The molecule has 0 heterocycles. The van der Waals surface area contributed by atoms with Crippen molar-refractivity contribution in [3.05, 3.63) is 29.8 Å². The zero-order valence-electron chi connectivity index (χ0n) is 7.08. The Morgan fingerprint density at radius 1 is 1.31 bits per heavy atom. The van der Waals surface area contributed by atoms with Crippen molar-refractivity contribution in [3.8, 4) is 5.75 Å². The molecule has 0 bridgehead atoms. The molecule has 0 unspecified atom stereocenters. The third-order valence-electron chi connectivity index (χ3n) is 1.59. The van der Waals surface area contributed by atoms with Crippen molar-refractivity contribution in [1.82, 2.24) is 0 Å². The van der Waals surface area contributed by atoms with Crippen molar-refractivity contribution in [2.45, 2.75) is 19.6 Å². The van der Waals surface area contributed by atoms with E-state index in [9.17, 15) is 13.9 Å². The number of aliphatic hydroxyl groups is 1. The van der Waals surface area contributed by atoms with Gasteiger partial charge in [-0.25, -0.2) is 0 Å². The summed E-state index contributed by atoms with van der Waals surface area (Å²) in [5.74, 6) is 0.0208. The highest BCUT2D eigenvalue weighted by molar-refractivity contribution is 5.34. The molecule has 0 radical (unpaired) electrons. The molecule has 0 aliphatic heterocycles. The normalized spacial score (nSPS) is 13.0. The molecule has 1 N–H and O–H groups in total. The number of benzene rings is 1. The van der Waals surface area contributed by atoms with Gasteiger partial charge in [-0.2, -0.15) is 8.78 Å². The average Bonchev–Trinajstić information content (AvgIpc) is 2.03. The lowest BCUT2D eigenvalue weighted by Crippen LogP contribution is -2.05. The Bertz CT molecular complexity index is 274. The van der Waals surface area contributed by atoms with Crippen LogP contribution in [0.25, 0.3) is 0 Å². The number of rotatable bonds is 3. The number of hydrogen-bond donors (Lipinski definition) is 1. The van der Waals surface area contributed by atoms with E-state index < -0.39 is 12.7 Å². The van der Waals surface area contributed by atoms with Crippen LogP contribution in [0.1, 0.15) is 18.6 Å². The predicted molar refractivity (Wildman–Crippen MR) is 43.7 cm³/mol. The van der Waals surface area contributed by atoms with Gasteiger partial charge in [0.15, 0.2) is 0 Å². The molecule has 0 saturated carbocycles. The molecule has 1 rings (SSSR count). The Balaban J connectivity index is 2.91. The summed E-state index contributed by atoms with van der Waals surface area (Å²) >= 11 is 0. The average molecular weight is 188 g/mol. The smallest absolute Gasteiger partial charge is 0.387 e. The summed E-state index contributed by atoms with van der Waals surface area (Å²) < 4.78 is 27.9. The van der Waals surface area contributed by atoms with Gasteiger partial charge in [0.05, 0.1) is 6.10 Å². The van der Waals surface area contributed by atoms with Crippen LogP contribution in [-0.2, 0) is 0 Å². The zero-order chi connectivity index (χ0) is 9.84. The van der Waals surface area contributed by atoms with Crippen molar-refractivity contribution < 1.29 is 18.6 Å². The lowest BCUT2D eigenvalue weighted by Gasteiger charge is -2.11. The van der Waals surface area contributed by atoms with Crippen molar-refractivity contribution in [2.75, 3.05) is 0 Å². The number of hydrogen-bond acceptors (Lipinski definition) is 2. The number of ether oxygens (including phenoxy) is 1. The van der Waals surface area contributed by atoms with Gasteiger partial charge in [-0.1, -0.05) is 18.2 Å². The van der Waals surface area contributed by atoms with E-state index in [-0.39, 0.29) is 5.75 Å². The van der Waals surface area contributed by atoms with E-state index in [0.717, 1.165) is 0 Å². The van der Waals surface area contributed by atoms with Crippen molar-refractivity contribution in [2.24, 2.45) is 0 Å². The van der Waals surface area contributed by atoms with Crippen molar-refractivity contribution in [1.29, 1.82) is 0 Å². The first-order valence-electron chi connectivity index (χ1n) is 3.83. The highest BCUT2D eigenvalue weighted by Gasteiger charge is 2.11. The number of halogens is 2. The molecule has 4 heteroatoms. The van der Waals surface area contributed by atoms with Crippen LogP contribution in [0.4, 0.5) is 8.78 Å². The van der Waals surface area contributed by atoms with Crippen LogP contribution in [0.15, 0.2) is 24.3 Å². The van der Waals surface area contributed by atoms with Gasteiger partial charge in [-0.15, -0.1) is 0 Å². The van der Waals surface area contributed by atoms with Gasteiger partial charge < -0.3 is 9.84 Å². The van der Waals surface area contributed by atoms with Crippen LogP contribution < -0.4 is 4.74 Å². The summed E-state index contributed by atoms with van der Waals surface area (Å²) in [6.07, 6.45) is -0.810. The second kappa shape index (κ2) is 4.18. The van der Waals surface area contributed by atoms with E-state index in [1.807, 2.05) is 0 Å². The first kappa shape index (κ1) is 9.92. The minimum atomic E-state index is -2.86. The summed E-state index contributed by atoms with van der Waals surface area (Å²) in [4.78, 5) is 0. The highest BCUT2D eigenvalue weighted by Crippen LogP contribution is 2.25. The quantitative estimate of drug-likeness (QED) is 0.788. The molecule has 1 aromatic rings. The van der Waals surface area contributed by atoms with E-state index in [0.29, 0.717) is 5.56 Å². The fourth-order valence-corrected chi connectivity index (χ4v) is 1.03. The van der Waals surface area contributed by atoms with Crippen LogP contribution in [-0.4, -0.2) is 11.7 Å². The van der Waals surface area contributed by atoms with Crippen LogP contribution in [0.2, 0.25) is 0 Å². The standard InChI is InChI=1S/C9H10F2O2/c1-6(12)7-4-2-3-5-8(7)13-9(10)11/h2-6,9,12H,1H3/t6-/m1/s1. The molecule has 1 atom stereocenters. The summed E-state index contributed by atoms with van der Waals surface area (Å²) in [5.41, 5.74) is 0.364. The lowest BCUT2D eigenvalue weighted by atomic mass is 10.1. The van der Waals surface area contributed by atoms with E-state index in [1.165, 1.54) is 13.0 Å². The van der Waals surface area contributed by atoms with Gasteiger partial charge in [0.1, 0.15) is 5.75 Å². The molecule has 0 fully saturated rings. The molecule has 0 saturated heterocycles. The van der Waals surface area contributed by atoms with Crippen LogP contribution in [0, 0.1) is 0 Å². The number of aliphatic hydroxyl groups excluding tert-OH is 1. The van der Waals surface area contributed by atoms with Crippen molar-refractivity contribution in [3.63, 3.8) is 0 Å². The Morgan fingerprint density at radius 3 is 2.46 bits per heavy atom. The Morgan fingerprint density at radius 2 is 1.92 bits per heavy atom. The molecule has 0 aliphatic rings. The Kier molecular flexibility index (Phi) is 3.19. The Labute approximate surface area is 74.8 Å². The predicted octanol–water partition coefficient (Wildman–Crippen LogP) is 2.34. The third-order valence-corrected chi connectivity index (χ3v) is 1.59. The maximum Gasteiger partial charge on any atom is 0.387 e. The second-order valence-electron chi connectivity index (χ2n) is 2.59. The van der Waals surface area contributed by atoms with Crippen LogP contribution in [0.5, 0.6) is 5.75 Å². The first-order valence-corrected chi connectivity index (χ1v) is 3.83. The monoisotopic (exact) mass is 188 g/mol. The van der Waals surface area contributed by atoms with Gasteiger partial charge in [0, 0.05) is 5.56 Å². The van der Waals surface area contributed by atoms with Gasteiger partial charge in [-0.3, -0.25) is 0 Å². The van der Waals surface area contributed by atoms with Gasteiger partial charge in [0.2, 0.25) is 0 Å². The topological polar surface area (TPSA) is 29.5 Å². The maximum absolute atomic E-state index is 11.9. The molecule has 72 valence electrons. The largest absolute Gasteiger partial charge is 0.434 e. The minimum Gasteiger partial charge on any atom is -0.434 e. The second-order valence-corrected chi connectivity index (χ2v) is 2.59. The maximum atomic E-state index is 11.9. The molecular formula is C9H10F2O2. The Hall–Kier alpha value is -1.16. The van der Waals surface area contributed by atoms with E-state index in [1.54, 1.807) is 18.2 Å². The molecule has 0 amide bonds. The molecule has 0 aromatic heterocycles. The van der Waals surface area contributed by atoms with Gasteiger partial charge >= 0.3 is 6.61 Å². The summed E-state index contributed by atoms with van der Waals surface area (Å²) in [6, 6.07) is 6.17.